The van der Waals surface area contributed by atoms with Gasteiger partial charge in [0.25, 0.3) is 5.91 Å². The summed E-state index contributed by atoms with van der Waals surface area (Å²) in [6, 6.07) is 11.4. The van der Waals surface area contributed by atoms with E-state index in [1.165, 1.54) is 17.7 Å². The molecule has 1 aromatic heterocycles. The molecule has 2 aromatic carbocycles. The van der Waals surface area contributed by atoms with E-state index in [9.17, 15) is 18.3 Å². The molecule has 190 valence electrons. The second-order valence-corrected chi connectivity index (χ2v) is 11.4. The first-order chi connectivity index (χ1) is 17.2. The molecule has 2 atom stereocenters. The molecule has 0 unspecified atom stereocenters. The summed E-state index contributed by atoms with van der Waals surface area (Å²) in [5.41, 5.74) is 4.41. The number of aromatic nitrogens is 2. The predicted molar refractivity (Wildman–Crippen MR) is 139 cm³/mol. The third kappa shape index (κ3) is 5.42. The van der Waals surface area contributed by atoms with Gasteiger partial charge in [-0.3, -0.25) is 4.79 Å². The van der Waals surface area contributed by atoms with Crippen molar-refractivity contribution in [2.45, 2.75) is 50.6 Å². The molecule has 1 aliphatic heterocycles. The molecule has 1 aliphatic rings. The first-order valence-corrected chi connectivity index (χ1v) is 13.8. The van der Waals surface area contributed by atoms with Crippen LogP contribution in [0.4, 0.5) is 5.95 Å². The van der Waals surface area contributed by atoms with Gasteiger partial charge in [-0.1, -0.05) is 32.0 Å². The van der Waals surface area contributed by atoms with Crippen molar-refractivity contribution >= 4 is 21.7 Å². The molecule has 0 aliphatic carbocycles. The Balaban J connectivity index is 1.54. The topological polar surface area (TPSA) is 112 Å². The number of hydrogen-bond acceptors (Lipinski definition) is 7. The molecule has 0 spiro atoms. The van der Waals surface area contributed by atoms with Crippen molar-refractivity contribution in [3.63, 3.8) is 0 Å². The van der Waals surface area contributed by atoms with Crippen LogP contribution >= 0.6 is 0 Å². The first kappa shape index (κ1) is 25.8. The Morgan fingerprint density at radius 1 is 1.14 bits per heavy atom. The summed E-state index contributed by atoms with van der Waals surface area (Å²) in [6.07, 6.45) is 4.57. The van der Waals surface area contributed by atoms with Gasteiger partial charge in [0.05, 0.1) is 23.3 Å². The van der Waals surface area contributed by atoms with Gasteiger partial charge in [0.15, 0.2) is 9.84 Å². The normalized spacial score (nSPS) is 16.3. The Bertz CT molecular complexity index is 1320. The lowest BCUT2D eigenvalue weighted by Gasteiger charge is -2.34. The molecule has 36 heavy (non-hydrogen) atoms. The Kier molecular flexibility index (Phi) is 7.70. The lowest BCUT2D eigenvalue weighted by Crippen LogP contribution is -2.35. The number of carbonyl (C=O) groups excluding carboxylic acids is 1. The van der Waals surface area contributed by atoms with Gasteiger partial charge in [0, 0.05) is 37.0 Å². The number of benzene rings is 2. The monoisotopic (exact) mass is 508 g/mol. The molecule has 0 fully saturated rings. The lowest BCUT2D eigenvalue weighted by molar-refractivity contribution is 0.0916. The number of carbonyl (C=O) groups is 1. The zero-order valence-corrected chi connectivity index (χ0v) is 21.6. The minimum absolute atomic E-state index is 0.0111. The molecule has 0 bridgehead atoms. The van der Waals surface area contributed by atoms with Crippen molar-refractivity contribution in [3.8, 4) is 0 Å². The van der Waals surface area contributed by atoms with Gasteiger partial charge in [0.2, 0.25) is 5.95 Å². The zero-order chi connectivity index (χ0) is 25.9. The summed E-state index contributed by atoms with van der Waals surface area (Å²) in [7, 11) is -3.32. The maximum Gasteiger partial charge on any atom is 0.251 e. The summed E-state index contributed by atoms with van der Waals surface area (Å²) >= 11 is 0. The molecule has 2 heterocycles. The average Bonchev–Trinajstić information content (AvgIpc) is 2.91. The molecule has 0 radical (unpaired) electrons. The predicted octanol–water partition coefficient (Wildman–Crippen LogP) is 3.56. The van der Waals surface area contributed by atoms with E-state index in [1.807, 2.05) is 37.5 Å². The first-order valence-electron chi connectivity index (χ1n) is 12.2. The van der Waals surface area contributed by atoms with Gasteiger partial charge in [-0.05, 0) is 59.9 Å². The van der Waals surface area contributed by atoms with Crippen molar-refractivity contribution in [1.29, 1.82) is 0 Å². The molecular formula is C27H32N4O4S. The summed E-state index contributed by atoms with van der Waals surface area (Å²) < 4.78 is 24.1. The van der Waals surface area contributed by atoms with Crippen LogP contribution in [0.1, 0.15) is 64.8 Å². The number of aliphatic hydroxyl groups excluding tert-OH is 1. The van der Waals surface area contributed by atoms with Gasteiger partial charge in [0.1, 0.15) is 0 Å². The summed E-state index contributed by atoms with van der Waals surface area (Å²) in [5.74, 6) is 0.683. The lowest BCUT2D eigenvalue weighted by atomic mass is 9.87. The Morgan fingerprint density at radius 2 is 1.83 bits per heavy atom. The van der Waals surface area contributed by atoms with Crippen LogP contribution in [0.2, 0.25) is 0 Å². The zero-order valence-electron chi connectivity index (χ0n) is 20.8. The van der Waals surface area contributed by atoms with E-state index in [1.54, 1.807) is 19.1 Å². The van der Waals surface area contributed by atoms with Crippen molar-refractivity contribution in [2.24, 2.45) is 0 Å². The van der Waals surface area contributed by atoms with Crippen molar-refractivity contribution in [1.82, 2.24) is 15.3 Å². The molecule has 0 saturated carbocycles. The summed E-state index contributed by atoms with van der Waals surface area (Å²) in [5, 5.41) is 12.8. The molecule has 2 N–H and O–H groups in total. The Labute approximate surface area is 212 Å². The van der Waals surface area contributed by atoms with Gasteiger partial charge in [-0.15, -0.1) is 0 Å². The number of anilines is 1. The fourth-order valence-electron chi connectivity index (χ4n) is 4.52. The number of rotatable bonds is 8. The molecule has 0 saturated heterocycles. The van der Waals surface area contributed by atoms with Crippen LogP contribution in [-0.2, 0) is 16.4 Å². The number of aryl methyl sites for hydroxylation is 1. The Morgan fingerprint density at radius 3 is 2.44 bits per heavy atom. The van der Waals surface area contributed by atoms with E-state index in [-0.39, 0.29) is 23.2 Å². The quantitative estimate of drug-likeness (QED) is 0.478. The standard InChI is InChI=1S/C27H32N4O4S/c1-4-19-15-31(27-28-13-18(3)14-29-27)16-22-12-21(8-11-24(19)22)26(33)30-25(17-32)20-6-9-23(10-7-20)36(34,35)5-2/h6-14,19,25,32H,4-5,15-17H2,1-3H3,(H,30,33)/t19-,25-/m0/s1. The highest BCUT2D eigenvalue weighted by Crippen LogP contribution is 2.33. The van der Waals surface area contributed by atoms with Crippen LogP contribution in [0.25, 0.3) is 0 Å². The summed E-state index contributed by atoms with van der Waals surface area (Å²) in [6.45, 7) is 6.80. The minimum atomic E-state index is -3.32. The van der Waals surface area contributed by atoms with E-state index in [0.29, 0.717) is 29.5 Å². The molecular weight excluding hydrogens is 476 g/mol. The number of nitrogens with zero attached hydrogens (tertiary/aromatic N) is 3. The van der Waals surface area contributed by atoms with Gasteiger partial charge in [-0.25, -0.2) is 18.4 Å². The van der Waals surface area contributed by atoms with E-state index in [0.717, 1.165) is 24.1 Å². The van der Waals surface area contributed by atoms with Crippen LogP contribution in [0, 0.1) is 6.92 Å². The second-order valence-electron chi connectivity index (χ2n) is 9.14. The van der Waals surface area contributed by atoms with E-state index < -0.39 is 15.9 Å². The van der Waals surface area contributed by atoms with Gasteiger partial charge in [-0.2, -0.15) is 0 Å². The summed E-state index contributed by atoms with van der Waals surface area (Å²) in [4.78, 5) is 24.5. The van der Waals surface area contributed by atoms with Crippen LogP contribution < -0.4 is 10.2 Å². The highest BCUT2D eigenvalue weighted by Gasteiger charge is 2.27. The number of amides is 1. The van der Waals surface area contributed by atoms with Crippen molar-refractivity contribution in [3.05, 3.63) is 82.7 Å². The maximum absolute atomic E-state index is 13.1. The van der Waals surface area contributed by atoms with Crippen molar-refractivity contribution in [2.75, 3.05) is 23.8 Å². The molecule has 3 aromatic rings. The number of hydrogen-bond donors (Lipinski definition) is 2. The fraction of sp³-hybridized carbons (Fsp3) is 0.370. The largest absolute Gasteiger partial charge is 0.394 e. The fourth-order valence-corrected chi connectivity index (χ4v) is 5.40. The molecule has 8 nitrogen and oxygen atoms in total. The van der Waals surface area contributed by atoms with Gasteiger partial charge < -0.3 is 15.3 Å². The van der Waals surface area contributed by atoms with Crippen molar-refractivity contribution < 1.29 is 18.3 Å². The molecule has 9 heteroatoms. The minimum Gasteiger partial charge on any atom is -0.394 e. The highest BCUT2D eigenvalue weighted by atomic mass is 32.2. The van der Waals surface area contributed by atoms with Crippen LogP contribution in [0.3, 0.4) is 0 Å². The maximum atomic E-state index is 13.1. The van der Waals surface area contributed by atoms with Crippen LogP contribution in [-0.4, -0.2) is 48.3 Å². The number of nitrogens with one attached hydrogen (secondary N) is 1. The average molecular weight is 509 g/mol. The Hall–Kier alpha value is -3.30. The van der Waals surface area contributed by atoms with E-state index in [4.69, 9.17) is 0 Å². The molecule has 4 rings (SSSR count). The van der Waals surface area contributed by atoms with E-state index >= 15 is 0 Å². The number of aliphatic hydroxyl groups is 1. The van der Waals surface area contributed by atoms with Crippen LogP contribution in [0.5, 0.6) is 0 Å². The second kappa shape index (κ2) is 10.8. The highest BCUT2D eigenvalue weighted by molar-refractivity contribution is 7.91. The van der Waals surface area contributed by atoms with Crippen LogP contribution in [0.15, 0.2) is 59.8 Å². The van der Waals surface area contributed by atoms with E-state index in [2.05, 4.69) is 27.1 Å². The smallest absolute Gasteiger partial charge is 0.251 e. The number of sulfone groups is 1. The number of fused-ring (bicyclic) bond motifs is 1. The third-order valence-corrected chi connectivity index (χ3v) is 8.45. The third-order valence-electron chi connectivity index (χ3n) is 6.70. The van der Waals surface area contributed by atoms with Gasteiger partial charge >= 0.3 is 0 Å². The SMILES string of the molecule is CC[C@H]1CN(c2ncc(C)cn2)Cc2cc(C(=O)N[C@@H](CO)c3ccc(S(=O)(=O)CC)cc3)ccc21. The molecule has 1 amide bonds.